The number of hydrogen-bond donors (Lipinski definition) is 4. The number of aromatic amines is 1. The van der Waals surface area contributed by atoms with Crippen molar-refractivity contribution in [1.82, 2.24) is 20.2 Å². The largest absolute Gasteiger partial charge is 0.399 e. The molecule has 0 bridgehead atoms. The fourth-order valence-electron chi connectivity index (χ4n) is 3.20. The summed E-state index contributed by atoms with van der Waals surface area (Å²) in [5.74, 6) is 1.49. The number of hydrogen-bond acceptors (Lipinski definition) is 6. The van der Waals surface area contributed by atoms with E-state index in [-0.39, 0.29) is 6.04 Å². The van der Waals surface area contributed by atoms with E-state index >= 15 is 0 Å². The van der Waals surface area contributed by atoms with Crippen molar-refractivity contribution in [3.05, 3.63) is 72.1 Å². The minimum Gasteiger partial charge on any atom is -0.399 e. The molecule has 7 nitrogen and oxygen atoms in total. The van der Waals surface area contributed by atoms with Gasteiger partial charge in [0.05, 0.1) is 0 Å². The first-order valence-corrected chi connectivity index (χ1v) is 9.29. The number of anilines is 3. The standard InChI is InChI=1S/C21H23N7/c1-14(16-7-3-2-4-8-16)26-19-18-20(27-28-21(18)25-13-24-19)23-11-10-15-6-5-9-17(22)12-15/h2-9,12-14H,10-11,22H2,1H3,(H3,23,24,25,26,27,28)/t14-/m0/s1. The maximum atomic E-state index is 5.85. The van der Waals surface area contributed by atoms with Crippen LogP contribution in [0, 0.1) is 0 Å². The predicted molar refractivity (Wildman–Crippen MR) is 113 cm³/mol. The molecule has 7 heteroatoms. The Morgan fingerprint density at radius 3 is 2.71 bits per heavy atom. The number of nitrogens with two attached hydrogens (primary N) is 1. The van der Waals surface area contributed by atoms with Crippen molar-refractivity contribution in [2.75, 3.05) is 22.9 Å². The molecule has 5 N–H and O–H groups in total. The Morgan fingerprint density at radius 1 is 1.04 bits per heavy atom. The lowest BCUT2D eigenvalue weighted by molar-refractivity contribution is 0.876. The zero-order valence-electron chi connectivity index (χ0n) is 15.7. The summed E-state index contributed by atoms with van der Waals surface area (Å²) in [5.41, 5.74) is 9.69. The number of benzene rings is 2. The van der Waals surface area contributed by atoms with Gasteiger partial charge < -0.3 is 16.4 Å². The Balaban J connectivity index is 1.51. The van der Waals surface area contributed by atoms with Crippen molar-refractivity contribution in [2.45, 2.75) is 19.4 Å². The van der Waals surface area contributed by atoms with E-state index in [1.807, 2.05) is 36.4 Å². The second kappa shape index (κ2) is 7.96. The number of nitrogens with one attached hydrogen (secondary N) is 3. The molecule has 0 fully saturated rings. The molecule has 0 aliphatic carbocycles. The van der Waals surface area contributed by atoms with Gasteiger partial charge in [0, 0.05) is 18.3 Å². The van der Waals surface area contributed by atoms with Crippen LogP contribution in [0.1, 0.15) is 24.1 Å². The summed E-state index contributed by atoms with van der Waals surface area (Å²) in [6.45, 7) is 2.84. The zero-order valence-corrected chi connectivity index (χ0v) is 15.7. The first kappa shape index (κ1) is 17.8. The van der Waals surface area contributed by atoms with Crippen LogP contribution in [0.15, 0.2) is 60.9 Å². The van der Waals surface area contributed by atoms with Crippen molar-refractivity contribution in [2.24, 2.45) is 0 Å². The van der Waals surface area contributed by atoms with Crippen molar-refractivity contribution in [3.8, 4) is 0 Å². The number of rotatable bonds is 7. The number of aromatic nitrogens is 4. The SMILES string of the molecule is C[C@H](Nc1ncnc2[nH]nc(NCCc3cccc(N)c3)c12)c1ccccc1. The van der Waals surface area contributed by atoms with Gasteiger partial charge >= 0.3 is 0 Å². The third-order valence-electron chi connectivity index (χ3n) is 4.67. The Morgan fingerprint density at radius 2 is 1.89 bits per heavy atom. The molecule has 0 amide bonds. The lowest BCUT2D eigenvalue weighted by Gasteiger charge is -2.15. The van der Waals surface area contributed by atoms with Gasteiger partial charge in [0.15, 0.2) is 11.5 Å². The number of H-pyrrole nitrogens is 1. The van der Waals surface area contributed by atoms with Gasteiger partial charge in [-0.05, 0) is 36.6 Å². The van der Waals surface area contributed by atoms with Crippen molar-refractivity contribution in [3.63, 3.8) is 0 Å². The first-order chi connectivity index (χ1) is 13.7. The summed E-state index contributed by atoms with van der Waals surface area (Å²) in [6.07, 6.45) is 2.38. The molecule has 4 aromatic rings. The third-order valence-corrected chi connectivity index (χ3v) is 4.67. The number of fused-ring (bicyclic) bond motifs is 1. The van der Waals surface area contributed by atoms with E-state index in [0.717, 1.165) is 35.7 Å². The van der Waals surface area contributed by atoms with Crippen LogP contribution in [0.3, 0.4) is 0 Å². The third kappa shape index (κ3) is 3.88. The highest BCUT2D eigenvalue weighted by Gasteiger charge is 2.15. The molecule has 0 aliphatic heterocycles. The van der Waals surface area contributed by atoms with Crippen molar-refractivity contribution < 1.29 is 0 Å². The summed E-state index contributed by atoms with van der Waals surface area (Å²) in [7, 11) is 0. The summed E-state index contributed by atoms with van der Waals surface area (Å²) in [5, 5.41) is 15.1. The Labute approximate surface area is 163 Å². The molecule has 1 atom stereocenters. The second-order valence-corrected chi connectivity index (χ2v) is 6.72. The van der Waals surface area contributed by atoms with E-state index in [0.29, 0.717) is 5.65 Å². The monoisotopic (exact) mass is 373 g/mol. The van der Waals surface area contributed by atoms with E-state index in [2.05, 4.69) is 55.9 Å². The average Bonchev–Trinajstić information content (AvgIpc) is 3.13. The van der Waals surface area contributed by atoms with Gasteiger partial charge in [-0.1, -0.05) is 42.5 Å². The van der Waals surface area contributed by atoms with Crippen molar-refractivity contribution in [1.29, 1.82) is 0 Å². The van der Waals surface area contributed by atoms with Crippen LogP contribution in [0.4, 0.5) is 17.3 Å². The molecule has 0 saturated heterocycles. The number of nitrogen functional groups attached to an aromatic ring is 1. The molecule has 142 valence electrons. The summed E-state index contributed by atoms with van der Waals surface area (Å²) in [4.78, 5) is 8.74. The van der Waals surface area contributed by atoms with Crippen LogP contribution in [0.25, 0.3) is 11.0 Å². The highest BCUT2D eigenvalue weighted by Crippen LogP contribution is 2.28. The minimum atomic E-state index is 0.106. The molecule has 0 saturated carbocycles. The lowest BCUT2D eigenvalue weighted by atomic mass is 10.1. The normalized spacial score (nSPS) is 12.0. The van der Waals surface area contributed by atoms with Gasteiger partial charge in [-0.15, -0.1) is 0 Å². The maximum Gasteiger partial charge on any atom is 0.162 e. The average molecular weight is 373 g/mol. The lowest BCUT2D eigenvalue weighted by Crippen LogP contribution is -2.10. The predicted octanol–water partition coefficient (Wildman–Crippen LogP) is 3.76. The molecule has 2 aromatic heterocycles. The Hall–Kier alpha value is -3.61. The van der Waals surface area contributed by atoms with Crippen LogP contribution in [-0.2, 0) is 6.42 Å². The molecule has 28 heavy (non-hydrogen) atoms. The van der Waals surface area contributed by atoms with Crippen LogP contribution in [0.2, 0.25) is 0 Å². The molecule has 0 aliphatic rings. The summed E-state index contributed by atoms with van der Waals surface area (Å²) < 4.78 is 0. The van der Waals surface area contributed by atoms with Gasteiger partial charge in [-0.25, -0.2) is 9.97 Å². The van der Waals surface area contributed by atoms with Gasteiger partial charge in [0.2, 0.25) is 0 Å². The molecule has 0 spiro atoms. The maximum absolute atomic E-state index is 5.85. The van der Waals surface area contributed by atoms with E-state index in [1.54, 1.807) is 0 Å². The topological polar surface area (TPSA) is 105 Å². The molecular formula is C21H23N7. The molecule has 0 unspecified atom stereocenters. The van der Waals surface area contributed by atoms with E-state index in [1.165, 1.54) is 17.5 Å². The van der Waals surface area contributed by atoms with Gasteiger partial charge in [0.25, 0.3) is 0 Å². The van der Waals surface area contributed by atoms with E-state index in [4.69, 9.17) is 5.73 Å². The van der Waals surface area contributed by atoms with Gasteiger partial charge in [-0.2, -0.15) is 5.10 Å². The molecule has 2 aromatic carbocycles. The van der Waals surface area contributed by atoms with Crippen LogP contribution in [-0.4, -0.2) is 26.7 Å². The summed E-state index contributed by atoms with van der Waals surface area (Å²) in [6, 6.07) is 18.3. The minimum absolute atomic E-state index is 0.106. The van der Waals surface area contributed by atoms with Crippen LogP contribution >= 0.6 is 0 Å². The highest BCUT2D eigenvalue weighted by molar-refractivity contribution is 5.96. The Kier molecular flexibility index (Phi) is 5.05. The highest BCUT2D eigenvalue weighted by atomic mass is 15.2. The second-order valence-electron chi connectivity index (χ2n) is 6.72. The van der Waals surface area contributed by atoms with Crippen LogP contribution < -0.4 is 16.4 Å². The summed E-state index contributed by atoms with van der Waals surface area (Å²) >= 11 is 0. The molecule has 4 rings (SSSR count). The Bertz CT molecular complexity index is 1060. The fourth-order valence-corrected chi connectivity index (χ4v) is 3.20. The van der Waals surface area contributed by atoms with E-state index < -0.39 is 0 Å². The quantitative estimate of drug-likeness (QED) is 0.368. The van der Waals surface area contributed by atoms with Gasteiger partial charge in [0.1, 0.15) is 17.5 Å². The first-order valence-electron chi connectivity index (χ1n) is 9.29. The molecule has 0 radical (unpaired) electrons. The van der Waals surface area contributed by atoms with Crippen molar-refractivity contribution >= 4 is 28.4 Å². The smallest absolute Gasteiger partial charge is 0.162 e. The van der Waals surface area contributed by atoms with E-state index in [9.17, 15) is 0 Å². The van der Waals surface area contributed by atoms with Gasteiger partial charge in [-0.3, -0.25) is 5.10 Å². The fraction of sp³-hybridized carbons (Fsp3) is 0.190. The molecular weight excluding hydrogens is 350 g/mol. The zero-order chi connectivity index (χ0) is 19.3. The van der Waals surface area contributed by atoms with Crippen LogP contribution in [0.5, 0.6) is 0 Å². The number of nitrogens with zero attached hydrogens (tertiary/aromatic N) is 3. The molecule has 2 heterocycles.